The fraction of sp³-hybridized carbons (Fsp3) is 1.00. The first-order valence-electron chi connectivity index (χ1n) is 4.54. The van der Waals surface area contributed by atoms with Gasteiger partial charge in [0.05, 0.1) is 6.10 Å². The Hall–Kier alpha value is 0.250. The third-order valence-corrected chi connectivity index (χ3v) is 2.85. The third kappa shape index (κ3) is 3.00. The van der Waals surface area contributed by atoms with E-state index in [1.165, 1.54) is 25.7 Å². The molecule has 1 nitrogen and oxygen atoms in total. The molecule has 0 amide bonds. The Morgan fingerprint density at radius 2 is 2.45 bits per heavy atom. The Bertz CT molecular complexity index is 95.7. The van der Waals surface area contributed by atoms with Crippen molar-refractivity contribution in [1.29, 1.82) is 0 Å². The lowest BCUT2D eigenvalue weighted by Crippen LogP contribution is -2.13. The highest BCUT2D eigenvalue weighted by atomic mass is 35.5. The van der Waals surface area contributed by atoms with E-state index in [0.29, 0.717) is 12.0 Å². The molecule has 11 heavy (non-hydrogen) atoms. The van der Waals surface area contributed by atoms with Crippen LogP contribution < -0.4 is 0 Å². The normalized spacial score (nSPS) is 27.3. The van der Waals surface area contributed by atoms with E-state index in [1.54, 1.807) is 0 Å². The summed E-state index contributed by atoms with van der Waals surface area (Å²) in [6.07, 6.45) is 5.35. The molecular weight excluding hydrogens is 160 g/mol. The van der Waals surface area contributed by atoms with Gasteiger partial charge in [-0.25, -0.2) is 0 Å². The first kappa shape index (κ1) is 9.34. The van der Waals surface area contributed by atoms with Gasteiger partial charge < -0.3 is 4.74 Å². The number of halogens is 1. The van der Waals surface area contributed by atoms with Gasteiger partial charge in [0.15, 0.2) is 0 Å². The lowest BCUT2D eigenvalue weighted by molar-refractivity contribution is 0.0917. The molecule has 0 saturated carbocycles. The molecule has 0 aliphatic carbocycles. The summed E-state index contributed by atoms with van der Waals surface area (Å²) in [5.41, 5.74) is 0. The monoisotopic (exact) mass is 176 g/mol. The molecule has 1 heterocycles. The van der Waals surface area contributed by atoms with Crippen LogP contribution in [0.5, 0.6) is 0 Å². The SMILES string of the molecule is CCC(CCl)C[C@@H]1CCCO1. The molecule has 0 aromatic heterocycles. The maximum atomic E-state index is 5.79. The minimum Gasteiger partial charge on any atom is -0.378 e. The van der Waals surface area contributed by atoms with Gasteiger partial charge in [-0.2, -0.15) is 0 Å². The van der Waals surface area contributed by atoms with Crippen LogP contribution >= 0.6 is 11.6 Å². The second kappa shape index (κ2) is 5.00. The first-order valence-corrected chi connectivity index (χ1v) is 5.07. The van der Waals surface area contributed by atoms with E-state index < -0.39 is 0 Å². The summed E-state index contributed by atoms with van der Waals surface area (Å²) in [5.74, 6) is 1.45. The maximum absolute atomic E-state index is 5.79. The molecule has 66 valence electrons. The Kier molecular flexibility index (Phi) is 4.24. The Labute approximate surface area is 74.1 Å². The highest BCUT2D eigenvalue weighted by molar-refractivity contribution is 6.18. The fourth-order valence-corrected chi connectivity index (χ4v) is 1.88. The molecule has 1 fully saturated rings. The first-order chi connectivity index (χ1) is 5.36. The van der Waals surface area contributed by atoms with Gasteiger partial charge in [0.25, 0.3) is 0 Å². The van der Waals surface area contributed by atoms with Gasteiger partial charge in [0.1, 0.15) is 0 Å². The zero-order valence-electron chi connectivity index (χ0n) is 7.18. The van der Waals surface area contributed by atoms with E-state index in [-0.39, 0.29) is 0 Å². The molecule has 0 N–H and O–H groups in total. The summed E-state index contributed by atoms with van der Waals surface area (Å²) >= 11 is 5.79. The van der Waals surface area contributed by atoms with Crippen LogP contribution in [-0.2, 0) is 4.74 Å². The zero-order valence-corrected chi connectivity index (χ0v) is 7.94. The summed E-state index contributed by atoms with van der Waals surface area (Å²) in [6, 6.07) is 0. The lowest BCUT2D eigenvalue weighted by atomic mass is 9.99. The maximum Gasteiger partial charge on any atom is 0.0579 e. The van der Waals surface area contributed by atoms with Crippen LogP contribution in [0.15, 0.2) is 0 Å². The van der Waals surface area contributed by atoms with Gasteiger partial charge in [-0.1, -0.05) is 13.3 Å². The molecule has 0 aromatic carbocycles. The van der Waals surface area contributed by atoms with E-state index in [1.807, 2.05) is 0 Å². The van der Waals surface area contributed by atoms with Crippen molar-refractivity contribution in [2.45, 2.75) is 38.7 Å². The van der Waals surface area contributed by atoms with Crippen LogP contribution in [0.3, 0.4) is 0 Å². The summed E-state index contributed by atoms with van der Waals surface area (Å²) in [7, 11) is 0. The summed E-state index contributed by atoms with van der Waals surface area (Å²) in [6.45, 7) is 3.16. The zero-order chi connectivity index (χ0) is 8.10. The van der Waals surface area contributed by atoms with E-state index in [9.17, 15) is 0 Å². The molecule has 1 aliphatic rings. The Morgan fingerprint density at radius 3 is 2.91 bits per heavy atom. The average Bonchev–Trinajstić information content (AvgIpc) is 2.52. The highest BCUT2D eigenvalue weighted by Crippen LogP contribution is 2.22. The quantitative estimate of drug-likeness (QED) is 0.599. The van der Waals surface area contributed by atoms with Gasteiger partial charge >= 0.3 is 0 Å². The lowest BCUT2D eigenvalue weighted by Gasteiger charge is -2.15. The van der Waals surface area contributed by atoms with Crippen molar-refractivity contribution in [2.75, 3.05) is 12.5 Å². The summed E-state index contributed by atoms with van der Waals surface area (Å²) in [4.78, 5) is 0. The molecule has 2 atom stereocenters. The van der Waals surface area contributed by atoms with Gasteiger partial charge in [0.2, 0.25) is 0 Å². The third-order valence-electron chi connectivity index (χ3n) is 2.42. The predicted molar refractivity (Wildman–Crippen MR) is 48.1 cm³/mol. The van der Waals surface area contributed by atoms with Gasteiger partial charge in [-0.15, -0.1) is 11.6 Å². The molecule has 1 aliphatic heterocycles. The number of hydrogen-bond donors (Lipinski definition) is 0. The predicted octanol–water partition coefficient (Wildman–Crippen LogP) is 2.82. The van der Waals surface area contributed by atoms with Crippen molar-refractivity contribution >= 4 is 11.6 Å². The molecule has 0 radical (unpaired) electrons. The largest absolute Gasteiger partial charge is 0.378 e. The molecule has 0 aromatic rings. The number of alkyl halides is 1. The molecule has 2 heteroatoms. The highest BCUT2D eigenvalue weighted by Gasteiger charge is 2.18. The number of hydrogen-bond acceptors (Lipinski definition) is 1. The van der Waals surface area contributed by atoms with Crippen LogP contribution in [0.4, 0.5) is 0 Å². The average molecular weight is 177 g/mol. The molecule has 0 bridgehead atoms. The van der Waals surface area contributed by atoms with Gasteiger partial charge in [-0.3, -0.25) is 0 Å². The topological polar surface area (TPSA) is 9.23 Å². The van der Waals surface area contributed by atoms with E-state index in [4.69, 9.17) is 16.3 Å². The smallest absolute Gasteiger partial charge is 0.0579 e. The molecule has 1 rings (SSSR count). The number of ether oxygens (including phenoxy) is 1. The Morgan fingerprint density at radius 1 is 1.64 bits per heavy atom. The molecule has 1 saturated heterocycles. The minimum atomic E-state index is 0.513. The van der Waals surface area contributed by atoms with Crippen molar-refractivity contribution < 1.29 is 4.74 Å². The van der Waals surface area contributed by atoms with Crippen LogP contribution in [0, 0.1) is 5.92 Å². The molecule has 0 spiro atoms. The van der Waals surface area contributed by atoms with E-state index in [2.05, 4.69) is 6.92 Å². The second-order valence-corrected chi connectivity index (χ2v) is 3.61. The molecular formula is C9H17ClO. The number of rotatable bonds is 4. The minimum absolute atomic E-state index is 0.513. The van der Waals surface area contributed by atoms with Crippen LogP contribution in [-0.4, -0.2) is 18.6 Å². The second-order valence-electron chi connectivity index (χ2n) is 3.30. The summed E-state index contributed by atoms with van der Waals surface area (Å²) in [5, 5.41) is 0. The van der Waals surface area contributed by atoms with Gasteiger partial charge in [0, 0.05) is 12.5 Å². The van der Waals surface area contributed by atoms with Crippen LogP contribution in [0.25, 0.3) is 0 Å². The van der Waals surface area contributed by atoms with Crippen molar-refractivity contribution in [3.63, 3.8) is 0 Å². The van der Waals surface area contributed by atoms with Crippen molar-refractivity contribution in [1.82, 2.24) is 0 Å². The van der Waals surface area contributed by atoms with E-state index in [0.717, 1.165) is 12.5 Å². The van der Waals surface area contributed by atoms with Crippen molar-refractivity contribution in [3.05, 3.63) is 0 Å². The van der Waals surface area contributed by atoms with Gasteiger partial charge in [-0.05, 0) is 25.2 Å². The van der Waals surface area contributed by atoms with Crippen molar-refractivity contribution in [3.8, 4) is 0 Å². The van der Waals surface area contributed by atoms with Crippen molar-refractivity contribution in [2.24, 2.45) is 5.92 Å². The summed E-state index contributed by atoms with van der Waals surface area (Å²) < 4.78 is 5.53. The van der Waals surface area contributed by atoms with Crippen LogP contribution in [0.1, 0.15) is 32.6 Å². The fourth-order valence-electron chi connectivity index (χ4n) is 1.54. The Balaban J connectivity index is 2.16. The van der Waals surface area contributed by atoms with E-state index >= 15 is 0 Å². The molecule has 1 unspecified atom stereocenters. The van der Waals surface area contributed by atoms with Crippen LogP contribution in [0.2, 0.25) is 0 Å². The standard InChI is InChI=1S/C9H17ClO/c1-2-8(7-10)6-9-4-3-5-11-9/h8-9H,2-7H2,1H3/t8?,9-/m0/s1.